The summed E-state index contributed by atoms with van der Waals surface area (Å²) in [6, 6.07) is 15.6. The van der Waals surface area contributed by atoms with Crippen molar-refractivity contribution in [1.82, 2.24) is 24.8 Å². The van der Waals surface area contributed by atoms with Crippen molar-refractivity contribution in [2.24, 2.45) is 0 Å². The zero-order chi connectivity index (χ0) is 28.5. The van der Waals surface area contributed by atoms with Gasteiger partial charge in [0.25, 0.3) is 5.91 Å². The number of nitrogens with zero attached hydrogens (tertiary/aromatic N) is 4. The van der Waals surface area contributed by atoms with Crippen molar-refractivity contribution >= 4 is 17.6 Å². The maximum Gasteiger partial charge on any atom is 0.253 e. The number of imidazole rings is 1. The molecule has 0 radical (unpaired) electrons. The summed E-state index contributed by atoms with van der Waals surface area (Å²) < 4.78 is 2.08. The van der Waals surface area contributed by atoms with Crippen LogP contribution in [0, 0.1) is 0 Å². The van der Waals surface area contributed by atoms with Crippen LogP contribution >= 0.6 is 0 Å². The van der Waals surface area contributed by atoms with Gasteiger partial charge in [-0.2, -0.15) is 0 Å². The zero-order valence-electron chi connectivity index (χ0n) is 23.3. The van der Waals surface area contributed by atoms with Gasteiger partial charge >= 0.3 is 0 Å². The van der Waals surface area contributed by atoms with Gasteiger partial charge < -0.3 is 20.3 Å². The predicted octanol–water partition coefficient (Wildman–Crippen LogP) is 4.11. The number of rotatable bonds is 4. The Morgan fingerprint density at radius 2 is 1.90 bits per heavy atom. The monoisotopic (exact) mass is 548 g/mol. The van der Waals surface area contributed by atoms with E-state index in [2.05, 4.69) is 49.2 Å². The molecule has 1 aliphatic carbocycles. The summed E-state index contributed by atoms with van der Waals surface area (Å²) in [4.78, 5) is 40.4. The molecule has 1 unspecified atom stereocenters. The number of aliphatic hydroxyl groups is 1. The van der Waals surface area contributed by atoms with Gasteiger partial charge in [-0.05, 0) is 56.9 Å². The first-order valence-corrected chi connectivity index (χ1v) is 14.1. The first-order chi connectivity index (χ1) is 19.7. The Labute approximate surface area is 238 Å². The van der Waals surface area contributed by atoms with Crippen LogP contribution in [0.5, 0.6) is 0 Å². The minimum absolute atomic E-state index is 0.0391. The Hall–Kier alpha value is -4.37. The van der Waals surface area contributed by atoms with Gasteiger partial charge in [0, 0.05) is 42.0 Å². The van der Waals surface area contributed by atoms with E-state index in [1.165, 1.54) is 5.56 Å². The number of amides is 2. The highest BCUT2D eigenvalue weighted by molar-refractivity contribution is 6.06. The van der Waals surface area contributed by atoms with E-state index in [0.29, 0.717) is 36.3 Å². The van der Waals surface area contributed by atoms with Gasteiger partial charge in [0.15, 0.2) is 0 Å². The van der Waals surface area contributed by atoms with Crippen molar-refractivity contribution in [3.8, 4) is 0 Å². The van der Waals surface area contributed by atoms with Crippen LogP contribution in [0.2, 0.25) is 0 Å². The van der Waals surface area contributed by atoms with E-state index in [4.69, 9.17) is 0 Å². The second-order valence-electron chi connectivity index (χ2n) is 12.1. The molecular weight excluding hydrogens is 516 g/mol. The van der Waals surface area contributed by atoms with E-state index in [1.54, 1.807) is 32.4 Å². The van der Waals surface area contributed by atoms with Crippen molar-refractivity contribution in [2.75, 3.05) is 5.32 Å². The lowest BCUT2D eigenvalue weighted by atomic mass is 9.80. The van der Waals surface area contributed by atoms with Crippen molar-refractivity contribution < 1.29 is 14.7 Å². The fraction of sp³-hybridized carbons (Fsp3) is 0.344. The number of pyridine rings is 2. The second-order valence-corrected chi connectivity index (χ2v) is 12.1. The van der Waals surface area contributed by atoms with E-state index < -0.39 is 11.0 Å². The van der Waals surface area contributed by atoms with Crippen molar-refractivity contribution in [2.45, 2.75) is 69.1 Å². The maximum atomic E-state index is 13.7. The molecule has 1 aromatic carbocycles. The lowest BCUT2D eigenvalue weighted by Crippen LogP contribution is -2.38. The second kappa shape index (κ2) is 9.07. The number of fused-ring (bicyclic) bond motifs is 4. The molecule has 2 aliphatic heterocycles. The Morgan fingerprint density at radius 3 is 2.68 bits per heavy atom. The number of nitrogens with one attached hydrogen (secondary N) is 2. The minimum atomic E-state index is -1.09. The molecule has 4 aromatic rings. The topological polar surface area (TPSA) is 122 Å². The molecule has 3 N–H and O–H groups in total. The molecule has 3 aliphatic rings. The molecule has 0 fully saturated rings. The average molecular weight is 549 g/mol. The minimum Gasteiger partial charge on any atom is -0.384 e. The van der Waals surface area contributed by atoms with Crippen LogP contribution in [-0.2, 0) is 28.7 Å². The molecule has 1 spiro atoms. The first kappa shape index (κ1) is 25.6. The third kappa shape index (κ3) is 3.98. The first-order valence-electron chi connectivity index (χ1n) is 14.1. The van der Waals surface area contributed by atoms with Gasteiger partial charge in [0.05, 0.1) is 28.9 Å². The highest BCUT2D eigenvalue weighted by atomic mass is 16.3. The normalized spacial score (nSPS) is 24.5. The van der Waals surface area contributed by atoms with Gasteiger partial charge in [-0.25, -0.2) is 9.97 Å². The van der Waals surface area contributed by atoms with Crippen molar-refractivity contribution in [3.63, 3.8) is 0 Å². The zero-order valence-corrected chi connectivity index (χ0v) is 23.3. The largest absolute Gasteiger partial charge is 0.384 e. The molecule has 5 heterocycles. The van der Waals surface area contributed by atoms with Crippen LogP contribution in [0.3, 0.4) is 0 Å². The van der Waals surface area contributed by atoms with Gasteiger partial charge in [-0.1, -0.05) is 36.4 Å². The maximum absolute atomic E-state index is 13.7. The lowest BCUT2D eigenvalue weighted by Gasteiger charge is -2.38. The standard InChI is InChI=1S/C32H32N6O3/c1-18-22(19-8-5-4-6-9-19)13-24(28-35-17-26(38(18)28)31(2,3)41)36-29(39)21-12-20-14-32(15-25(20)34-16-21)23-10-7-11-33-27(23)37-30(32)40/h4-12,16-18,22,24,41H,13-15H2,1-3H3,(H,36,39)(H,33,37,40)/t18-,22-,24?,32+/m1/s1. The number of hydrogen-bond acceptors (Lipinski definition) is 6. The van der Waals surface area contributed by atoms with Crippen LogP contribution in [-0.4, -0.2) is 36.4 Å². The van der Waals surface area contributed by atoms with Gasteiger partial charge in [0.1, 0.15) is 17.2 Å². The molecule has 9 heteroatoms. The number of aromatic nitrogens is 4. The number of carbonyl (C=O) groups excluding carboxylic acids is 2. The molecule has 0 bridgehead atoms. The summed E-state index contributed by atoms with van der Waals surface area (Å²) in [6.07, 6.45) is 6.60. The summed E-state index contributed by atoms with van der Waals surface area (Å²) >= 11 is 0. The third-order valence-corrected chi connectivity index (χ3v) is 9.05. The lowest BCUT2D eigenvalue weighted by molar-refractivity contribution is -0.120. The van der Waals surface area contributed by atoms with Crippen LogP contribution in [0.1, 0.15) is 89.5 Å². The third-order valence-electron chi connectivity index (χ3n) is 9.05. The Kier molecular flexibility index (Phi) is 5.66. The van der Waals surface area contributed by atoms with Gasteiger partial charge in [-0.15, -0.1) is 0 Å². The van der Waals surface area contributed by atoms with Gasteiger partial charge in [0.2, 0.25) is 5.91 Å². The molecule has 0 saturated heterocycles. The fourth-order valence-corrected chi connectivity index (χ4v) is 6.97. The fourth-order valence-electron chi connectivity index (χ4n) is 6.97. The Bertz CT molecular complexity index is 1690. The molecule has 4 atom stereocenters. The summed E-state index contributed by atoms with van der Waals surface area (Å²) in [7, 11) is 0. The number of carbonyl (C=O) groups is 2. The highest BCUT2D eigenvalue weighted by Gasteiger charge is 2.51. The highest BCUT2D eigenvalue weighted by Crippen LogP contribution is 2.47. The number of benzene rings is 1. The quantitative estimate of drug-likeness (QED) is 0.353. The number of anilines is 1. The Morgan fingerprint density at radius 1 is 1.10 bits per heavy atom. The molecule has 0 saturated carbocycles. The molecule has 7 rings (SSSR count). The summed E-state index contributed by atoms with van der Waals surface area (Å²) in [5, 5.41) is 17.1. The summed E-state index contributed by atoms with van der Waals surface area (Å²) in [6.45, 7) is 5.65. The molecule has 41 heavy (non-hydrogen) atoms. The summed E-state index contributed by atoms with van der Waals surface area (Å²) in [5.74, 6) is 1.12. The van der Waals surface area contributed by atoms with Crippen LogP contribution in [0.25, 0.3) is 0 Å². The predicted molar refractivity (Wildman–Crippen MR) is 152 cm³/mol. The Balaban J connectivity index is 1.19. The summed E-state index contributed by atoms with van der Waals surface area (Å²) in [5.41, 5.74) is 3.11. The van der Waals surface area contributed by atoms with Crippen LogP contribution in [0.15, 0.2) is 67.1 Å². The average Bonchev–Trinajstić information content (AvgIpc) is 3.65. The SMILES string of the molecule is C[C@@H]1[C@H](c2ccccc2)CC(NC(=O)c2cnc3c(c2)C[C@@]2(C3)C(=O)Nc3ncccc32)c2ncc(C(C)(C)O)n21. The van der Waals surface area contributed by atoms with Crippen LogP contribution in [0.4, 0.5) is 5.82 Å². The van der Waals surface area contributed by atoms with E-state index in [9.17, 15) is 14.7 Å². The smallest absolute Gasteiger partial charge is 0.253 e. The van der Waals surface area contributed by atoms with Crippen molar-refractivity contribution in [3.05, 3.63) is 107 Å². The number of hydrogen-bond donors (Lipinski definition) is 3. The molecular formula is C32H32N6O3. The van der Waals surface area contributed by atoms with E-state index in [-0.39, 0.29) is 29.8 Å². The van der Waals surface area contributed by atoms with Gasteiger partial charge in [-0.3, -0.25) is 14.6 Å². The molecule has 2 amide bonds. The molecule has 9 nitrogen and oxygen atoms in total. The van der Waals surface area contributed by atoms with Crippen LogP contribution < -0.4 is 10.6 Å². The van der Waals surface area contributed by atoms with E-state index in [1.807, 2.05) is 36.4 Å². The molecule has 208 valence electrons. The van der Waals surface area contributed by atoms with E-state index in [0.717, 1.165) is 22.6 Å². The van der Waals surface area contributed by atoms with E-state index >= 15 is 0 Å². The van der Waals surface area contributed by atoms with Crippen molar-refractivity contribution in [1.29, 1.82) is 0 Å². The molecule has 3 aromatic heterocycles.